The molecule has 0 amide bonds. The molecule has 19 heavy (non-hydrogen) atoms. The molecule has 0 aliphatic rings. The van der Waals surface area contributed by atoms with Gasteiger partial charge in [0.1, 0.15) is 19.0 Å². The lowest BCUT2D eigenvalue weighted by atomic mass is 10.2. The summed E-state index contributed by atoms with van der Waals surface area (Å²) in [6.07, 6.45) is -4.39. The number of carboxylic acids is 1. The van der Waals surface area contributed by atoms with E-state index >= 15 is 0 Å². The normalized spacial score (nSPS) is 11.3. The predicted octanol–water partition coefficient (Wildman–Crippen LogP) is 1.92. The van der Waals surface area contributed by atoms with Crippen molar-refractivity contribution in [3.63, 3.8) is 0 Å². The third kappa shape index (κ3) is 5.47. The zero-order valence-electron chi connectivity index (χ0n) is 9.74. The number of benzene rings is 1. The van der Waals surface area contributed by atoms with Gasteiger partial charge in [0.2, 0.25) is 0 Å². The van der Waals surface area contributed by atoms with Crippen molar-refractivity contribution in [3.8, 4) is 5.75 Å². The van der Waals surface area contributed by atoms with Crippen LogP contribution in [0.15, 0.2) is 18.2 Å². The van der Waals surface area contributed by atoms with E-state index in [2.05, 4.69) is 4.74 Å². The maximum absolute atomic E-state index is 11.8. The molecule has 0 radical (unpaired) electrons. The second-order valence-corrected chi connectivity index (χ2v) is 3.57. The highest BCUT2D eigenvalue weighted by Crippen LogP contribution is 2.22. The fourth-order valence-corrected chi connectivity index (χ4v) is 1.19. The Morgan fingerprint density at radius 1 is 1.32 bits per heavy atom. The van der Waals surface area contributed by atoms with E-state index < -0.39 is 18.8 Å². The second kappa shape index (κ2) is 6.28. The summed E-state index contributed by atoms with van der Waals surface area (Å²) in [4.78, 5) is 10.7. The lowest BCUT2D eigenvalue weighted by molar-refractivity contribution is -0.175. The van der Waals surface area contributed by atoms with E-state index in [0.29, 0.717) is 0 Å². The Hall–Kier alpha value is -1.96. The van der Waals surface area contributed by atoms with Crippen molar-refractivity contribution in [2.45, 2.75) is 6.18 Å². The molecule has 5 nitrogen and oxygen atoms in total. The molecule has 0 atom stereocenters. The number of ether oxygens (including phenoxy) is 2. The molecule has 0 saturated heterocycles. The highest BCUT2D eigenvalue weighted by Gasteiger charge is 2.27. The SMILES string of the molecule is Nc1ccc(C(=O)O)cc1OCCOCC(F)(F)F. The summed E-state index contributed by atoms with van der Waals surface area (Å²) in [6.45, 7) is -1.80. The van der Waals surface area contributed by atoms with Gasteiger partial charge in [-0.1, -0.05) is 0 Å². The van der Waals surface area contributed by atoms with Crippen LogP contribution in [-0.4, -0.2) is 37.1 Å². The third-order valence-corrected chi connectivity index (χ3v) is 2.01. The molecule has 0 aromatic heterocycles. The number of nitrogens with two attached hydrogens (primary N) is 1. The highest BCUT2D eigenvalue weighted by molar-refractivity contribution is 5.89. The molecule has 0 aliphatic carbocycles. The minimum atomic E-state index is -4.39. The monoisotopic (exact) mass is 279 g/mol. The number of nitrogen functional groups attached to an aromatic ring is 1. The van der Waals surface area contributed by atoms with Crippen LogP contribution in [0.1, 0.15) is 10.4 Å². The van der Waals surface area contributed by atoms with E-state index in [1.165, 1.54) is 18.2 Å². The van der Waals surface area contributed by atoms with Gasteiger partial charge in [0, 0.05) is 0 Å². The highest BCUT2D eigenvalue weighted by atomic mass is 19.4. The smallest absolute Gasteiger partial charge is 0.411 e. The second-order valence-electron chi connectivity index (χ2n) is 3.57. The number of aromatic carboxylic acids is 1. The van der Waals surface area contributed by atoms with Gasteiger partial charge < -0.3 is 20.3 Å². The summed E-state index contributed by atoms with van der Waals surface area (Å²) in [5.74, 6) is -1.06. The van der Waals surface area contributed by atoms with Crippen LogP contribution in [0.25, 0.3) is 0 Å². The molecule has 3 N–H and O–H groups in total. The van der Waals surface area contributed by atoms with Crippen molar-refractivity contribution in [1.82, 2.24) is 0 Å². The Balaban J connectivity index is 2.45. The molecule has 1 rings (SSSR count). The molecule has 0 bridgehead atoms. The van der Waals surface area contributed by atoms with Crippen molar-refractivity contribution in [2.75, 3.05) is 25.6 Å². The molecule has 1 aromatic rings. The first-order chi connectivity index (χ1) is 8.79. The predicted molar refractivity (Wildman–Crippen MR) is 60.2 cm³/mol. The van der Waals surface area contributed by atoms with Gasteiger partial charge in [-0.15, -0.1) is 0 Å². The molecule has 8 heteroatoms. The maximum atomic E-state index is 11.8. The number of alkyl halides is 3. The molecule has 0 spiro atoms. The van der Waals surface area contributed by atoms with Crippen molar-refractivity contribution in [1.29, 1.82) is 0 Å². The molecule has 0 heterocycles. The molecule has 1 aromatic carbocycles. The van der Waals surface area contributed by atoms with Crippen LogP contribution < -0.4 is 10.5 Å². The Bertz CT molecular complexity index is 448. The summed E-state index contributed by atoms with van der Waals surface area (Å²) in [6, 6.07) is 3.83. The molecule has 0 fully saturated rings. The van der Waals surface area contributed by atoms with E-state index in [4.69, 9.17) is 15.6 Å². The summed E-state index contributed by atoms with van der Waals surface area (Å²) in [7, 11) is 0. The van der Waals surface area contributed by atoms with E-state index in [1.807, 2.05) is 0 Å². The van der Waals surface area contributed by atoms with Crippen LogP contribution in [0.4, 0.5) is 18.9 Å². The fraction of sp³-hybridized carbons (Fsp3) is 0.364. The Morgan fingerprint density at radius 3 is 2.58 bits per heavy atom. The summed E-state index contributed by atoms with van der Waals surface area (Å²) in [5.41, 5.74) is 5.70. The quantitative estimate of drug-likeness (QED) is 0.614. The zero-order valence-corrected chi connectivity index (χ0v) is 9.74. The summed E-state index contributed by atoms with van der Waals surface area (Å²) >= 11 is 0. The number of halogens is 3. The topological polar surface area (TPSA) is 81.8 Å². The van der Waals surface area contributed by atoms with Gasteiger partial charge in [-0.2, -0.15) is 13.2 Å². The lowest BCUT2D eigenvalue weighted by Gasteiger charge is -2.11. The number of rotatable bonds is 6. The molecule has 0 saturated carbocycles. The van der Waals surface area contributed by atoms with Gasteiger partial charge in [-0.05, 0) is 18.2 Å². The first kappa shape index (κ1) is 15.1. The van der Waals surface area contributed by atoms with Gasteiger partial charge in [0.15, 0.2) is 0 Å². The van der Waals surface area contributed by atoms with Crippen LogP contribution in [0, 0.1) is 0 Å². The Morgan fingerprint density at radius 2 is 2.00 bits per heavy atom. The van der Waals surface area contributed by atoms with Crippen molar-refractivity contribution >= 4 is 11.7 Å². The van der Waals surface area contributed by atoms with Crippen LogP contribution >= 0.6 is 0 Å². The molecule has 0 aliphatic heterocycles. The number of hydrogen-bond acceptors (Lipinski definition) is 4. The fourth-order valence-electron chi connectivity index (χ4n) is 1.19. The Kier molecular flexibility index (Phi) is 4.99. The van der Waals surface area contributed by atoms with E-state index in [0.717, 1.165) is 0 Å². The minimum Gasteiger partial charge on any atom is -0.489 e. The summed E-state index contributed by atoms with van der Waals surface area (Å²) < 4.78 is 44.7. The molecule has 106 valence electrons. The van der Waals surface area contributed by atoms with Crippen LogP contribution in [0.3, 0.4) is 0 Å². The van der Waals surface area contributed by atoms with Crippen LogP contribution in [-0.2, 0) is 4.74 Å². The third-order valence-electron chi connectivity index (χ3n) is 2.01. The summed E-state index contributed by atoms with van der Waals surface area (Å²) in [5, 5.41) is 8.75. The minimum absolute atomic E-state index is 0.0274. The molecule has 0 unspecified atom stereocenters. The van der Waals surface area contributed by atoms with E-state index in [1.54, 1.807) is 0 Å². The van der Waals surface area contributed by atoms with Crippen LogP contribution in [0.2, 0.25) is 0 Å². The molecular formula is C11H12F3NO4. The molecular weight excluding hydrogens is 267 g/mol. The maximum Gasteiger partial charge on any atom is 0.411 e. The van der Waals surface area contributed by atoms with Gasteiger partial charge >= 0.3 is 12.1 Å². The standard InChI is InChI=1S/C11H12F3NO4/c12-11(13,14)6-18-3-4-19-9-5-7(10(16)17)1-2-8(9)15/h1-2,5H,3-4,6,15H2,(H,16,17). The zero-order chi connectivity index (χ0) is 14.5. The lowest BCUT2D eigenvalue weighted by Crippen LogP contribution is -2.19. The average molecular weight is 279 g/mol. The van der Waals surface area contributed by atoms with Crippen molar-refractivity contribution in [3.05, 3.63) is 23.8 Å². The number of hydrogen-bond donors (Lipinski definition) is 2. The van der Waals surface area contributed by atoms with Crippen molar-refractivity contribution in [2.24, 2.45) is 0 Å². The number of carboxylic acid groups (broad SMARTS) is 1. The van der Waals surface area contributed by atoms with Crippen molar-refractivity contribution < 1.29 is 32.5 Å². The van der Waals surface area contributed by atoms with E-state index in [9.17, 15) is 18.0 Å². The van der Waals surface area contributed by atoms with Gasteiger partial charge in [0.05, 0.1) is 17.9 Å². The van der Waals surface area contributed by atoms with Gasteiger partial charge in [0.25, 0.3) is 0 Å². The van der Waals surface area contributed by atoms with Gasteiger partial charge in [-0.3, -0.25) is 0 Å². The number of anilines is 1. The Labute approximate surface area is 106 Å². The first-order valence-electron chi connectivity index (χ1n) is 5.20. The average Bonchev–Trinajstić information content (AvgIpc) is 2.29. The largest absolute Gasteiger partial charge is 0.489 e. The number of carbonyl (C=O) groups is 1. The van der Waals surface area contributed by atoms with Gasteiger partial charge in [-0.25, -0.2) is 4.79 Å². The van der Waals surface area contributed by atoms with Crippen LogP contribution in [0.5, 0.6) is 5.75 Å². The first-order valence-corrected chi connectivity index (χ1v) is 5.20. The van der Waals surface area contributed by atoms with E-state index in [-0.39, 0.29) is 30.2 Å².